The Morgan fingerprint density at radius 2 is 2.08 bits per heavy atom. The van der Waals surface area contributed by atoms with Crippen LogP contribution in [-0.2, 0) is 6.54 Å². The van der Waals surface area contributed by atoms with Gasteiger partial charge in [0.05, 0.1) is 6.54 Å². The van der Waals surface area contributed by atoms with Crippen molar-refractivity contribution in [3.05, 3.63) is 47.7 Å². The van der Waals surface area contributed by atoms with Gasteiger partial charge in [0.2, 0.25) is 5.89 Å². The second-order valence-corrected chi connectivity index (χ2v) is 7.03. The fourth-order valence-corrected chi connectivity index (χ4v) is 2.79. The largest absolute Gasteiger partial charge is 0.446 e. The van der Waals surface area contributed by atoms with Gasteiger partial charge in [-0.05, 0) is 50.3 Å². The van der Waals surface area contributed by atoms with Gasteiger partial charge in [0, 0.05) is 17.8 Å². The number of oxazole rings is 1. The maximum absolute atomic E-state index is 12.7. The Kier molecular flexibility index (Phi) is 4.36. The molecule has 2 aliphatic carbocycles. The molecule has 0 aliphatic heterocycles. The van der Waals surface area contributed by atoms with Gasteiger partial charge in [-0.15, -0.1) is 0 Å². The maximum Gasteiger partial charge on any atom is 0.322 e. The van der Waals surface area contributed by atoms with Crippen molar-refractivity contribution in [2.45, 2.75) is 51.2 Å². The van der Waals surface area contributed by atoms with Crippen LogP contribution in [0.2, 0.25) is 0 Å². The molecule has 2 aliphatic rings. The first kappa shape index (κ1) is 16.6. The first-order valence-corrected chi connectivity index (χ1v) is 8.98. The number of nitrogens with zero attached hydrogens (tertiary/aromatic N) is 2. The van der Waals surface area contributed by atoms with E-state index >= 15 is 0 Å². The topological polar surface area (TPSA) is 87.5 Å². The van der Waals surface area contributed by atoms with Gasteiger partial charge in [-0.25, -0.2) is 9.78 Å². The summed E-state index contributed by atoms with van der Waals surface area (Å²) in [5.74, 6) is 0.155. The minimum absolute atomic E-state index is 0.180. The molecule has 1 heterocycles. The average Bonchev–Trinajstić information content (AvgIpc) is 3.53. The molecule has 3 amide bonds. The minimum Gasteiger partial charge on any atom is -0.446 e. The van der Waals surface area contributed by atoms with Crippen LogP contribution in [0, 0.1) is 6.92 Å². The van der Waals surface area contributed by atoms with Crippen LogP contribution in [0.5, 0.6) is 0 Å². The lowest BCUT2D eigenvalue weighted by molar-refractivity contribution is 0.0946. The third-order valence-corrected chi connectivity index (χ3v) is 4.52. The molecule has 136 valence electrons. The molecule has 4 rings (SSSR count). The number of carbonyl (C=O) groups is 2. The summed E-state index contributed by atoms with van der Waals surface area (Å²) in [4.78, 5) is 30.7. The smallest absolute Gasteiger partial charge is 0.322 e. The van der Waals surface area contributed by atoms with Crippen LogP contribution in [0.25, 0.3) is 0 Å². The molecule has 0 radical (unpaired) electrons. The normalized spacial score (nSPS) is 16.2. The standard InChI is InChI=1S/C19H22N4O3/c1-12-3-2-4-14(9-12)21-19(25)23(15-7-8-15)10-17-22-16(11-26-17)18(24)20-13-5-6-13/h2-4,9,11,13,15H,5-8,10H2,1H3,(H,20,24)(H,21,25). The van der Waals surface area contributed by atoms with Crippen LogP contribution in [-0.4, -0.2) is 33.9 Å². The highest BCUT2D eigenvalue weighted by Crippen LogP contribution is 2.29. The predicted octanol–water partition coefficient (Wildman–Crippen LogP) is 3.07. The predicted molar refractivity (Wildman–Crippen MR) is 95.8 cm³/mol. The summed E-state index contributed by atoms with van der Waals surface area (Å²) in [5.41, 5.74) is 2.11. The number of hydrogen-bond acceptors (Lipinski definition) is 4. The Hall–Kier alpha value is -2.83. The van der Waals surface area contributed by atoms with Crippen molar-refractivity contribution < 1.29 is 14.0 Å². The van der Waals surface area contributed by atoms with Gasteiger partial charge in [-0.3, -0.25) is 4.79 Å². The molecule has 0 atom stereocenters. The fourth-order valence-electron chi connectivity index (χ4n) is 2.79. The molecule has 0 bridgehead atoms. The van der Waals surface area contributed by atoms with Crippen molar-refractivity contribution in [3.8, 4) is 0 Å². The van der Waals surface area contributed by atoms with Crippen molar-refractivity contribution in [2.24, 2.45) is 0 Å². The lowest BCUT2D eigenvalue weighted by Gasteiger charge is -2.21. The number of nitrogens with one attached hydrogen (secondary N) is 2. The van der Waals surface area contributed by atoms with Crippen molar-refractivity contribution in [1.82, 2.24) is 15.2 Å². The molecular formula is C19H22N4O3. The van der Waals surface area contributed by atoms with Gasteiger partial charge in [-0.1, -0.05) is 12.1 Å². The molecule has 7 nitrogen and oxygen atoms in total. The Morgan fingerprint density at radius 3 is 2.77 bits per heavy atom. The monoisotopic (exact) mass is 354 g/mol. The Labute approximate surface area is 151 Å². The first-order valence-electron chi connectivity index (χ1n) is 8.98. The summed E-state index contributed by atoms with van der Waals surface area (Å²) in [5, 5.41) is 5.80. The minimum atomic E-state index is -0.218. The van der Waals surface area contributed by atoms with Gasteiger partial charge in [0.25, 0.3) is 5.91 Å². The zero-order valence-corrected chi connectivity index (χ0v) is 14.7. The molecule has 0 unspecified atom stereocenters. The molecule has 7 heteroatoms. The van der Waals surface area contributed by atoms with E-state index in [1.54, 1.807) is 4.90 Å². The maximum atomic E-state index is 12.7. The Morgan fingerprint density at radius 1 is 1.27 bits per heavy atom. The summed E-state index contributed by atoms with van der Waals surface area (Å²) < 4.78 is 5.42. The molecule has 2 saturated carbocycles. The quantitative estimate of drug-likeness (QED) is 0.834. The van der Waals surface area contributed by atoms with E-state index in [4.69, 9.17) is 4.42 Å². The second-order valence-electron chi connectivity index (χ2n) is 7.03. The van der Waals surface area contributed by atoms with E-state index in [1.807, 2.05) is 31.2 Å². The van der Waals surface area contributed by atoms with Crippen LogP contribution in [0.4, 0.5) is 10.5 Å². The number of benzene rings is 1. The third-order valence-electron chi connectivity index (χ3n) is 4.52. The van der Waals surface area contributed by atoms with E-state index in [2.05, 4.69) is 15.6 Å². The summed E-state index contributed by atoms with van der Waals surface area (Å²) in [6.07, 6.45) is 5.33. The molecule has 2 aromatic rings. The highest BCUT2D eigenvalue weighted by atomic mass is 16.3. The van der Waals surface area contributed by atoms with E-state index in [0.29, 0.717) is 5.89 Å². The average molecular weight is 354 g/mol. The van der Waals surface area contributed by atoms with Gasteiger partial charge in [0.1, 0.15) is 6.26 Å². The molecule has 1 aromatic carbocycles. The highest BCUT2D eigenvalue weighted by molar-refractivity contribution is 5.92. The second kappa shape index (κ2) is 6.82. The number of hydrogen-bond donors (Lipinski definition) is 2. The van der Waals surface area contributed by atoms with E-state index in [9.17, 15) is 9.59 Å². The molecule has 1 aromatic heterocycles. The summed E-state index contributed by atoms with van der Waals surface area (Å²) in [6, 6.07) is 7.96. The molecule has 0 saturated heterocycles. The molecule has 26 heavy (non-hydrogen) atoms. The van der Waals surface area contributed by atoms with Crippen molar-refractivity contribution in [3.63, 3.8) is 0 Å². The zero-order chi connectivity index (χ0) is 18.1. The van der Waals surface area contributed by atoms with Crippen LogP contribution in [0.15, 0.2) is 34.9 Å². The fraction of sp³-hybridized carbons (Fsp3) is 0.421. The number of aromatic nitrogens is 1. The van der Waals surface area contributed by atoms with E-state index in [0.717, 1.165) is 36.9 Å². The number of urea groups is 1. The lowest BCUT2D eigenvalue weighted by Crippen LogP contribution is -2.36. The molecular weight excluding hydrogens is 332 g/mol. The third kappa shape index (κ3) is 4.04. The van der Waals surface area contributed by atoms with Gasteiger partial charge >= 0.3 is 6.03 Å². The highest BCUT2D eigenvalue weighted by Gasteiger charge is 2.34. The Bertz CT molecular complexity index is 824. The summed E-state index contributed by atoms with van der Waals surface area (Å²) >= 11 is 0. The number of aryl methyl sites for hydroxylation is 1. The number of carbonyl (C=O) groups excluding carboxylic acids is 2. The SMILES string of the molecule is Cc1cccc(NC(=O)N(Cc2nc(C(=O)NC3CC3)co2)C2CC2)c1. The first-order chi connectivity index (χ1) is 12.6. The van der Waals surface area contributed by atoms with Gasteiger partial charge in [0.15, 0.2) is 5.69 Å². The Balaban J connectivity index is 1.41. The van der Waals surface area contributed by atoms with Crippen molar-refractivity contribution in [1.29, 1.82) is 0 Å². The molecule has 0 spiro atoms. The lowest BCUT2D eigenvalue weighted by atomic mass is 10.2. The summed E-state index contributed by atoms with van der Waals surface area (Å²) in [7, 11) is 0. The van der Waals surface area contributed by atoms with Gasteiger partial charge in [-0.2, -0.15) is 0 Å². The van der Waals surface area contributed by atoms with E-state index < -0.39 is 0 Å². The summed E-state index contributed by atoms with van der Waals surface area (Å²) in [6.45, 7) is 2.23. The van der Waals surface area contributed by atoms with Crippen LogP contribution in [0.3, 0.4) is 0 Å². The molecule has 2 N–H and O–H groups in total. The van der Waals surface area contributed by atoms with Crippen molar-refractivity contribution >= 4 is 17.6 Å². The van der Waals surface area contributed by atoms with E-state index in [-0.39, 0.29) is 36.3 Å². The number of amides is 3. The van der Waals surface area contributed by atoms with E-state index in [1.165, 1.54) is 6.26 Å². The molecule has 2 fully saturated rings. The van der Waals surface area contributed by atoms with Crippen LogP contribution >= 0.6 is 0 Å². The van der Waals surface area contributed by atoms with Crippen LogP contribution < -0.4 is 10.6 Å². The zero-order valence-electron chi connectivity index (χ0n) is 14.7. The number of anilines is 1. The van der Waals surface area contributed by atoms with Crippen molar-refractivity contribution in [2.75, 3.05) is 5.32 Å². The van der Waals surface area contributed by atoms with Crippen LogP contribution in [0.1, 0.15) is 47.6 Å². The number of rotatable bonds is 6. The van der Waals surface area contributed by atoms with Gasteiger partial charge < -0.3 is 20.0 Å².